The van der Waals surface area contributed by atoms with E-state index in [2.05, 4.69) is 6.58 Å². The van der Waals surface area contributed by atoms with Crippen molar-refractivity contribution in [1.29, 1.82) is 0 Å². The van der Waals surface area contributed by atoms with Crippen molar-refractivity contribution in [3.05, 3.63) is 24.7 Å². The Kier molecular flexibility index (Phi) is 2.85. The summed E-state index contributed by atoms with van der Waals surface area (Å²) in [7, 11) is 0. The summed E-state index contributed by atoms with van der Waals surface area (Å²) in [5.74, 6) is -0.0602. The molecule has 40 valence electrons. The predicted octanol–water partition coefficient (Wildman–Crippen LogP) is 1.52. The Balaban J connectivity index is 3.36. The first kappa shape index (κ1) is 6.08. The number of aliphatic hydroxyl groups is 2. The summed E-state index contributed by atoms with van der Waals surface area (Å²) in [6.07, 6.45) is 2.49. The van der Waals surface area contributed by atoms with Crippen molar-refractivity contribution in [3.8, 4) is 0 Å². The van der Waals surface area contributed by atoms with Crippen LogP contribution in [-0.4, -0.2) is 10.2 Å². The molecule has 2 N–H and O–H groups in total. The van der Waals surface area contributed by atoms with Gasteiger partial charge in [-0.15, -0.1) is 6.58 Å². The van der Waals surface area contributed by atoms with Gasteiger partial charge >= 0.3 is 0 Å². The Morgan fingerprint density at radius 2 is 2.29 bits per heavy atom. The fourth-order valence-electron chi connectivity index (χ4n) is 0.201. The lowest BCUT2D eigenvalue weighted by atomic mass is 10.4. The van der Waals surface area contributed by atoms with Gasteiger partial charge in [-0.2, -0.15) is 0 Å². The molecule has 0 radical (unpaired) electrons. The molecule has 0 aliphatic carbocycles. The lowest BCUT2D eigenvalue weighted by Crippen LogP contribution is -1.74. The molecule has 0 bridgehead atoms. The summed E-state index contributed by atoms with van der Waals surface area (Å²) < 4.78 is 0. The first-order valence-electron chi connectivity index (χ1n) is 1.94. The average Bonchev–Trinajstić information content (AvgIpc) is 1.68. The largest absolute Gasteiger partial charge is 0.512 e. The molecule has 0 aliphatic rings. The standard InChI is InChI=1S/C5H8O2/c1-2-3-5(7)4-6/h2,4,6-7H,1,3H2. The van der Waals surface area contributed by atoms with Gasteiger partial charge < -0.3 is 10.2 Å². The summed E-state index contributed by atoms with van der Waals surface area (Å²) in [6.45, 7) is 3.34. The van der Waals surface area contributed by atoms with E-state index >= 15 is 0 Å². The molecule has 0 aromatic heterocycles. The smallest absolute Gasteiger partial charge is 0.130 e. The minimum absolute atomic E-state index is 0.0602. The van der Waals surface area contributed by atoms with Crippen LogP contribution in [0.4, 0.5) is 0 Å². The van der Waals surface area contributed by atoms with Gasteiger partial charge in [0.2, 0.25) is 0 Å². The molecule has 0 amide bonds. The quantitative estimate of drug-likeness (QED) is 0.408. The van der Waals surface area contributed by atoms with Gasteiger partial charge in [-0.05, 0) is 0 Å². The molecule has 0 heterocycles. The van der Waals surface area contributed by atoms with Crippen LogP contribution in [0.15, 0.2) is 24.7 Å². The van der Waals surface area contributed by atoms with Crippen LogP contribution in [0.25, 0.3) is 0 Å². The average molecular weight is 100 g/mol. The molecule has 0 saturated heterocycles. The fourth-order valence-corrected chi connectivity index (χ4v) is 0.201. The molecule has 0 spiro atoms. The molecule has 0 unspecified atom stereocenters. The first-order chi connectivity index (χ1) is 3.31. The Morgan fingerprint density at radius 1 is 1.71 bits per heavy atom. The zero-order valence-corrected chi connectivity index (χ0v) is 3.96. The van der Waals surface area contributed by atoms with Crippen molar-refractivity contribution < 1.29 is 10.2 Å². The van der Waals surface area contributed by atoms with Gasteiger partial charge in [0.15, 0.2) is 0 Å². The topological polar surface area (TPSA) is 40.5 Å². The summed E-state index contributed by atoms with van der Waals surface area (Å²) in [5.41, 5.74) is 0. The third-order valence-corrected chi connectivity index (χ3v) is 0.502. The van der Waals surface area contributed by atoms with Crippen molar-refractivity contribution in [2.24, 2.45) is 0 Å². The van der Waals surface area contributed by atoms with E-state index in [1.54, 1.807) is 0 Å². The van der Waals surface area contributed by atoms with E-state index in [9.17, 15) is 0 Å². The highest BCUT2D eigenvalue weighted by atomic mass is 16.3. The molecule has 0 fully saturated rings. The molecular formula is C5H8O2. The van der Waals surface area contributed by atoms with E-state index in [0.717, 1.165) is 0 Å². The van der Waals surface area contributed by atoms with E-state index in [0.29, 0.717) is 12.7 Å². The van der Waals surface area contributed by atoms with Crippen LogP contribution in [0.5, 0.6) is 0 Å². The summed E-state index contributed by atoms with van der Waals surface area (Å²) in [4.78, 5) is 0. The second kappa shape index (κ2) is 3.28. The first-order valence-corrected chi connectivity index (χ1v) is 1.94. The molecule has 0 saturated carbocycles. The lowest BCUT2D eigenvalue weighted by molar-refractivity contribution is 0.353. The van der Waals surface area contributed by atoms with Crippen molar-refractivity contribution in [1.82, 2.24) is 0 Å². The van der Waals surface area contributed by atoms with Crippen LogP contribution in [0.2, 0.25) is 0 Å². The van der Waals surface area contributed by atoms with Crippen LogP contribution in [-0.2, 0) is 0 Å². The maximum absolute atomic E-state index is 8.40. The molecule has 2 nitrogen and oxygen atoms in total. The van der Waals surface area contributed by atoms with Crippen LogP contribution in [0, 0.1) is 0 Å². The molecule has 7 heavy (non-hydrogen) atoms. The lowest BCUT2D eigenvalue weighted by Gasteiger charge is -1.85. The van der Waals surface area contributed by atoms with Gasteiger partial charge in [-0.1, -0.05) is 6.08 Å². The molecule has 0 atom stereocenters. The second-order valence-corrected chi connectivity index (χ2v) is 1.11. The summed E-state index contributed by atoms with van der Waals surface area (Å²) in [5, 5.41) is 16.4. The van der Waals surface area contributed by atoms with E-state index in [1.165, 1.54) is 6.08 Å². The Hall–Kier alpha value is -0.920. The zero-order valence-electron chi connectivity index (χ0n) is 3.96. The van der Waals surface area contributed by atoms with Gasteiger partial charge in [0.25, 0.3) is 0 Å². The van der Waals surface area contributed by atoms with Gasteiger partial charge in [-0.25, -0.2) is 0 Å². The molecule has 0 aromatic carbocycles. The maximum atomic E-state index is 8.40. The maximum Gasteiger partial charge on any atom is 0.130 e. The molecule has 2 heteroatoms. The van der Waals surface area contributed by atoms with E-state index in [-0.39, 0.29) is 5.76 Å². The number of allylic oxidation sites excluding steroid dienone is 1. The third kappa shape index (κ3) is 2.89. The van der Waals surface area contributed by atoms with Gasteiger partial charge in [0.05, 0.1) is 0 Å². The van der Waals surface area contributed by atoms with E-state index in [1.807, 2.05) is 0 Å². The molecule has 0 aromatic rings. The van der Waals surface area contributed by atoms with Gasteiger partial charge in [0.1, 0.15) is 12.0 Å². The van der Waals surface area contributed by atoms with Gasteiger partial charge in [0, 0.05) is 6.42 Å². The summed E-state index contributed by atoms with van der Waals surface area (Å²) >= 11 is 0. The van der Waals surface area contributed by atoms with Crippen molar-refractivity contribution >= 4 is 0 Å². The van der Waals surface area contributed by atoms with Crippen molar-refractivity contribution in [3.63, 3.8) is 0 Å². The second-order valence-electron chi connectivity index (χ2n) is 1.11. The number of rotatable bonds is 2. The Bertz CT molecular complexity index is 84.1. The third-order valence-electron chi connectivity index (χ3n) is 0.502. The van der Waals surface area contributed by atoms with Crippen LogP contribution < -0.4 is 0 Å². The Morgan fingerprint density at radius 3 is 2.43 bits per heavy atom. The number of hydrogen-bond acceptors (Lipinski definition) is 2. The van der Waals surface area contributed by atoms with Crippen LogP contribution in [0.3, 0.4) is 0 Å². The van der Waals surface area contributed by atoms with Crippen molar-refractivity contribution in [2.45, 2.75) is 6.42 Å². The van der Waals surface area contributed by atoms with Crippen molar-refractivity contribution in [2.75, 3.05) is 0 Å². The highest BCUT2D eigenvalue weighted by Gasteiger charge is 1.81. The molecule has 0 rings (SSSR count). The Labute approximate surface area is 42.4 Å². The summed E-state index contributed by atoms with van der Waals surface area (Å²) in [6, 6.07) is 0. The highest BCUT2D eigenvalue weighted by Crippen LogP contribution is 1.91. The minimum Gasteiger partial charge on any atom is -0.512 e. The SMILES string of the molecule is C=CCC(O)=CO. The highest BCUT2D eigenvalue weighted by molar-refractivity contribution is 4.90. The van der Waals surface area contributed by atoms with E-state index in [4.69, 9.17) is 10.2 Å². The monoisotopic (exact) mass is 100 g/mol. The van der Waals surface area contributed by atoms with Crippen LogP contribution in [0.1, 0.15) is 6.42 Å². The normalized spacial score (nSPS) is 11.1. The number of aliphatic hydroxyl groups excluding tert-OH is 2. The molecule has 0 aliphatic heterocycles. The predicted molar refractivity (Wildman–Crippen MR) is 28.2 cm³/mol. The fraction of sp³-hybridized carbons (Fsp3) is 0.200. The number of hydrogen-bond donors (Lipinski definition) is 2. The van der Waals surface area contributed by atoms with E-state index < -0.39 is 0 Å². The van der Waals surface area contributed by atoms with Crippen LogP contribution >= 0.6 is 0 Å². The molecular weight excluding hydrogens is 92.1 g/mol. The van der Waals surface area contributed by atoms with Gasteiger partial charge in [-0.3, -0.25) is 0 Å². The minimum atomic E-state index is -0.0602. The zero-order chi connectivity index (χ0) is 5.70.